The molecular weight excluding hydrogens is 1380 g/mol. The molecule has 0 unspecified atom stereocenters. The number of rotatable bonds is 11. The Bertz CT molecular complexity index is 4740. The van der Waals surface area contributed by atoms with Gasteiger partial charge >= 0.3 is 0 Å². The van der Waals surface area contributed by atoms with Crippen LogP contribution in [0, 0.1) is 111 Å². The summed E-state index contributed by atoms with van der Waals surface area (Å²) in [5, 5.41) is 0. The van der Waals surface area contributed by atoms with E-state index in [-0.39, 0.29) is 11.2 Å². The summed E-state index contributed by atoms with van der Waals surface area (Å²) >= 11 is 1.80. The van der Waals surface area contributed by atoms with E-state index in [2.05, 4.69) is 291 Å². The summed E-state index contributed by atoms with van der Waals surface area (Å²) in [4.78, 5) is 15.3. The third kappa shape index (κ3) is 29.8. The van der Waals surface area contributed by atoms with E-state index in [1.165, 1.54) is 110 Å². The van der Waals surface area contributed by atoms with Crippen LogP contribution in [0.2, 0.25) is 0 Å². The van der Waals surface area contributed by atoms with Crippen LogP contribution >= 0.6 is 11.8 Å². The van der Waals surface area contributed by atoms with Gasteiger partial charge in [-0.15, -0.1) is 0 Å². The second-order valence-electron chi connectivity index (χ2n) is 29.0. The molecule has 0 saturated carbocycles. The lowest BCUT2D eigenvalue weighted by atomic mass is 9.78. The maximum absolute atomic E-state index is 12.3. The highest BCUT2D eigenvalue weighted by molar-refractivity contribution is 7.99. The third-order valence-corrected chi connectivity index (χ3v) is 21.0. The summed E-state index contributed by atoms with van der Waals surface area (Å²) in [7, 11) is -3.37. The minimum absolute atomic E-state index is 0.0708. The molecule has 14 aromatic carbocycles. The number of aryl methyl sites for hydroxylation is 16. The van der Waals surface area contributed by atoms with E-state index in [9.17, 15) is 13.2 Å². The fourth-order valence-electron chi connectivity index (χ4n) is 10.9. The first kappa shape index (κ1) is 86.1. The van der Waals surface area contributed by atoms with Crippen LogP contribution in [0.4, 0.5) is 0 Å². The normalized spacial score (nSPS) is 10.4. The van der Waals surface area contributed by atoms with Crippen LogP contribution in [0.3, 0.4) is 0 Å². The SMILES string of the molecule is Cc1ccc(-c2ccc(C)cc2)cc1.Cc1ccc(C(=O)c2ccc(C)cc2)cc1.Cc1ccc(C(C)(C)c2ccc(C)cc2)cc1.Cc1ccc(C)cc1.Cc1ccc(Oc2ccc(C)cc2)cc1.Cc1ccc(S(=O)(=O)c2ccc(C)cc2)cc1.Cc1ccc(Sc2ccc(C)cc2)cc1.Cc1cccc(C)c1. The second kappa shape index (κ2) is 43.1. The Morgan fingerprint density at radius 3 is 0.709 bits per heavy atom. The first-order chi connectivity index (χ1) is 52.5. The molecule has 0 bridgehead atoms. The Balaban J connectivity index is 0.000000177. The van der Waals surface area contributed by atoms with Crippen LogP contribution in [-0.4, -0.2) is 14.2 Å². The summed E-state index contributed by atoms with van der Waals surface area (Å²) in [6.45, 7) is 37.7. The van der Waals surface area contributed by atoms with Gasteiger partial charge in [0.05, 0.1) is 9.79 Å². The first-order valence-electron chi connectivity index (χ1n) is 37.5. The second-order valence-corrected chi connectivity index (χ2v) is 32.1. The zero-order valence-corrected chi connectivity index (χ0v) is 69.4. The summed E-state index contributed by atoms with van der Waals surface area (Å²) in [6, 6.07) is 114. The van der Waals surface area contributed by atoms with Gasteiger partial charge in [0.2, 0.25) is 9.84 Å². The lowest BCUT2D eigenvalue weighted by Gasteiger charge is -2.26. The van der Waals surface area contributed by atoms with Crippen molar-refractivity contribution >= 4 is 27.4 Å². The smallest absolute Gasteiger partial charge is 0.206 e. The van der Waals surface area contributed by atoms with Gasteiger partial charge in [-0.3, -0.25) is 4.79 Å². The Hall–Kier alpha value is -11.2. The van der Waals surface area contributed by atoms with E-state index in [4.69, 9.17) is 4.74 Å². The predicted octanol–water partition coefficient (Wildman–Crippen LogP) is 28.4. The molecule has 4 nitrogen and oxygen atoms in total. The molecule has 0 radical (unpaired) electrons. The minimum atomic E-state index is -3.37. The molecule has 14 rings (SSSR count). The maximum atomic E-state index is 12.3. The Kier molecular flexibility index (Phi) is 33.8. The van der Waals surface area contributed by atoms with Crippen molar-refractivity contribution in [3.63, 3.8) is 0 Å². The Morgan fingerprint density at radius 1 is 0.255 bits per heavy atom. The first-order valence-corrected chi connectivity index (χ1v) is 39.8. The molecular formula is C104H110O4S2. The average molecular weight is 1490 g/mol. The molecule has 6 heteroatoms. The molecule has 0 aromatic heterocycles. The molecule has 0 saturated heterocycles. The number of ketones is 1. The maximum Gasteiger partial charge on any atom is 0.206 e. The molecule has 110 heavy (non-hydrogen) atoms. The molecule has 0 N–H and O–H groups in total. The van der Waals surface area contributed by atoms with E-state index in [1.807, 2.05) is 125 Å². The summed E-state index contributed by atoms with van der Waals surface area (Å²) in [6.07, 6.45) is 0. The fourth-order valence-corrected chi connectivity index (χ4v) is 13.0. The van der Waals surface area contributed by atoms with Crippen molar-refractivity contribution in [1.82, 2.24) is 0 Å². The highest BCUT2D eigenvalue weighted by Gasteiger charge is 2.23. The van der Waals surface area contributed by atoms with Gasteiger partial charge in [-0.05, 0) is 206 Å². The van der Waals surface area contributed by atoms with Crippen LogP contribution in [0.15, 0.2) is 359 Å². The van der Waals surface area contributed by atoms with Crippen LogP contribution in [0.25, 0.3) is 11.1 Å². The van der Waals surface area contributed by atoms with Gasteiger partial charge in [0.15, 0.2) is 5.78 Å². The van der Waals surface area contributed by atoms with Gasteiger partial charge in [-0.25, -0.2) is 8.42 Å². The number of carbonyl (C=O) groups is 1. The van der Waals surface area contributed by atoms with Crippen LogP contribution < -0.4 is 4.74 Å². The van der Waals surface area contributed by atoms with Crippen LogP contribution in [0.5, 0.6) is 11.5 Å². The molecule has 0 atom stereocenters. The largest absolute Gasteiger partial charge is 0.457 e. The van der Waals surface area contributed by atoms with Crippen LogP contribution in [0.1, 0.15) is 130 Å². The van der Waals surface area contributed by atoms with Crippen molar-refractivity contribution in [3.05, 3.63) is 451 Å². The van der Waals surface area contributed by atoms with Gasteiger partial charge in [-0.2, -0.15) is 0 Å². The topological polar surface area (TPSA) is 60.4 Å². The standard InChI is InChI=1S/C17H20.C15H14O.C14H14O2S.C14H14O.C14H14S.C14H14.2C8H10/c1-13-5-9-15(10-6-13)17(3,4)16-11-7-14(2)8-12-16;1-11-3-7-13(8-4-11)15(16)14-9-5-12(2)6-10-14;1-11-3-7-13(8-4-11)17(15,16)14-9-5-12(2)6-10-14;2*1-11-3-7-13(8-4-11)15-14-9-5-12(2)6-10-14;1-11-3-7-13(8-4-11)14-9-5-12(2)6-10-14;1-7-3-5-8(2)6-4-7;1-7-4-3-5-8(2)6-7/h5-12H,1-4H3;3-10H,1-2H3;3-10H,1-2H3;2*3-10H,1-2H3;3-10H,1-2H3;2*3-6H,1-2H3. The predicted molar refractivity (Wildman–Crippen MR) is 470 cm³/mol. The summed E-state index contributed by atoms with van der Waals surface area (Å²) in [5.74, 6) is 1.84. The molecule has 0 aliphatic heterocycles. The molecule has 0 aliphatic carbocycles. The molecule has 0 spiro atoms. The molecule has 562 valence electrons. The van der Waals surface area contributed by atoms with E-state index in [1.54, 1.807) is 60.3 Å². The van der Waals surface area contributed by atoms with Gasteiger partial charge in [0, 0.05) is 26.3 Å². The molecule has 0 heterocycles. The van der Waals surface area contributed by atoms with Crippen molar-refractivity contribution in [2.45, 2.75) is 150 Å². The third-order valence-electron chi connectivity index (χ3n) is 18.2. The number of sulfone groups is 1. The monoisotopic (exact) mass is 1490 g/mol. The lowest BCUT2D eigenvalue weighted by molar-refractivity contribution is 0.103. The van der Waals surface area contributed by atoms with Crippen LogP contribution in [-0.2, 0) is 15.3 Å². The van der Waals surface area contributed by atoms with Gasteiger partial charge in [0.1, 0.15) is 11.5 Å². The van der Waals surface area contributed by atoms with Gasteiger partial charge in [-0.1, -0.05) is 382 Å². The average Bonchev–Trinajstić information content (AvgIpc) is 0.810. The number of carbonyl (C=O) groups excluding carboxylic acids is 1. The fraction of sp³-hybridized carbons (Fsp3) is 0.183. The molecule has 0 amide bonds. The number of hydrogen-bond donors (Lipinski definition) is 0. The van der Waals surface area contributed by atoms with E-state index in [0.29, 0.717) is 9.79 Å². The van der Waals surface area contributed by atoms with Crippen molar-refractivity contribution in [2.24, 2.45) is 0 Å². The van der Waals surface area contributed by atoms with Crippen molar-refractivity contribution in [3.8, 4) is 22.6 Å². The van der Waals surface area contributed by atoms with Crippen molar-refractivity contribution in [1.29, 1.82) is 0 Å². The summed E-state index contributed by atoms with van der Waals surface area (Å²) in [5.41, 5.74) is 27.0. The quantitative estimate of drug-likeness (QED) is 0.121. The Labute approximate surface area is 664 Å². The van der Waals surface area contributed by atoms with E-state index in [0.717, 1.165) is 33.8 Å². The minimum Gasteiger partial charge on any atom is -0.457 e. The van der Waals surface area contributed by atoms with Gasteiger partial charge in [0.25, 0.3) is 0 Å². The molecule has 0 fully saturated rings. The summed E-state index contributed by atoms with van der Waals surface area (Å²) < 4.78 is 30.2. The number of hydrogen-bond acceptors (Lipinski definition) is 5. The Morgan fingerprint density at radius 2 is 0.464 bits per heavy atom. The zero-order chi connectivity index (χ0) is 79.8. The highest BCUT2D eigenvalue weighted by atomic mass is 32.2. The van der Waals surface area contributed by atoms with Gasteiger partial charge < -0.3 is 4.74 Å². The number of ether oxygens (including phenoxy) is 1. The van der Waals surface area contributed by atoms with Crippen molar-refractivity contribution < 1.29 is 17.9 Å². The lowest BCUT2D eigenvalue weighted by Crippen LogP contribution is -2.18. The molecule has 0 aliphatic rings. The van der Waals surface area contributed by atoms with Crippen molar-refractivity contribution in [2.75, 3.05) is 0 Å². The molecule has 14 aromatic rings. The zero-order valence-electron chi connectivity index (χ0n) is 67.8. The van der Waals surface area contributed by atoms with E-state index < -0.39 is 9.84 Å². The highest BCUT2D eigenvalue weighted by Crippen LogP contribution is 2.33. The number of benzene rings is 14. The van der Waals surface area contributed by atoms with E-state index >= 15 is 0 Å².